The van der Waals surface area contributed by atoms with Gasteiger partial charge in [-0.3, -0.25) is 0 Å². The molecular weight excluding hydrogens is 278 g/mol. The third kappa shape index (κ3) is 3.19. The van der Waals surface area contributed by atoms with Crippen LogP contribution in [0, 0.1) is 12.8 Å². The van der Waals surface area contributed by atoms with Crippen molar-refractivity contribution in [3.05, 3.63) is 22.3 Å². The lowest BCUT2D eigenvalue weighted by molar-refractivity contribution is 0.385. The molecule has 0 saturated carbocycles. The van der Waals surface area contributed by atoms with Gasteiger partial charge in [-0.2, -0.15) is 0 Å². The molecule has 2 heterocycles. The first kappa shape index (κ1) is 12.8. The number of piperidine rings is 1. The van der Waals surface area contributed by atoms with Crippen molar-refractivity contribution in [2.24, 2.45) is 11.7 Å². The Morgan fingerprint density at radius 2 is 2.12 bits per heavy atom. The van der Waals surface area contributed by atoms with Gasteiger partial charge in [0.1, 0.15) is 5.82 Å². The molecule has 4 heteroatoms. The molecule has 0 unspecified atom stereocenters. The SMILES string of the molecule is Cc1nc(N2CCC(CCN)CC2)ccc1Br. The van der Waals surface area contributed by atoms with Crippen molar-refractivity contribution in [1.82, 2.24) is 4.98 Å². The summed E-state index contributed by atoms with van der Waals surface area (Å²) in [4.78, 5) is 7.00. The molecule has 3 nitrogen and oxygen atoms in total. The molecule has 1 aromatic rings. The highest BCUT2D eigenvalue weighted by Crippen LogP contribution is 2.25. The predicted octanol–water partition coefficient (Wildman–Crippen LogP) is 2.72. The summed E-state index contributed by atoms with van der Waals surface area (Å²) in [7, 11) is 0. The molecule has 0 radical (unpaired) electrons. The van der Waals surface area contributed by atoms with Gasteiger partial charge in [-0.15, -0.1) is 0 Å². The minimum atomic E-state index is 0.813. The Morgan fingerprint density at radius 1 is 1.41 bits per heavy atom. The molecule has 0 bridgehead atoms. The van der Waals surface area contributed by atoms with Crippen LogP contribution in [0.5, 0.6) is 0 Å². The maximum Gasteiger partial charge on any atom is 0.128 e. The summed E-state index contributed by atoms with van der Waals surface area (Å²) in [6, 6.07) is 4.18. The number of hydrogen-bond acceptors (Lipinski definition) is 3. The highest BCUT2D eigenvalue weighted by atomic mass is 79.9. The second kappa shape index (κ2) is 5.83. The summed E-state index contributed by atoms with van der Waals surface area (Å²) in [5.74, 6) is 1.92. The molecule has 17 heavy (non-hydrogen) atoms. The van der Waals surface area contributed by atoms with Crippen LogP contribution in [-0.2, 0) is 0 Å². The minimum Gasteiger partial charge on any atom is -0.357 e. The molecular formula is C13H20BrN3. The standard InChI is InChI=1S/C13H20BrN3/c1-10-12(14)2-3-13(16-10)17-8-5-11(4-7-15)6-9-17/h2-3,11H,4-9,15H2,1H3. The normalized spacial score (nSPS) is 17.5. The van der Waals surface area contributed by atoms with E-state index in [-0.39, 0.29) is 0 Å². The van der Waals surface area contributed by atoms with E-state index >= 15 is 0 Å². The third-order valence-electron chi connectivity index (χ3n) is 3.52. The van der Waals surface area contributed by atoms with Gasteiger partial charge in [0.15, 0.2) is 0 Å². The first-order valence-corrected chi connectivity index (χ1v) is 7.08. The first-order chi connectivity index (χ1) is 8.20. The maximum atomic E-state index is 5.61. The van der Waals surface area contributed by atoms with Crippen molar-refractivity contribution in [3.63, 3.8) is 0 Å². The smallest absolute Gasteiger partial charge is 0.128 e. The van der Waals surface area contributed by atoms with Gasteiger partial charge < -0.3 is 10.6 Å². The van der Waals surface area contributed by atoms with E-state index in [1.165, 1.54) is 19.3 Å². The fourth-order valence-electron chi connectivity index (χ4n) is 2.39. The average molecular weight is 298 g/mol. The second-order valence-electron chi connectivity index (χ2n) is 4.74. The first-order valence-electron chi connectivity index (χ1n) is 6.29. The van der Waals surface area contributed by atoms with Crippen molar-refractivity contribution >= 4 is 21.7 Å². The highest BCUT2D eigenvalue weighted by Gasteiger charge is 2.19. The van der Waals surface area contributed by atoms with Crippen LogP contribution in [0.15, 0.2) is 16.6 Å². The van der Waals surface area contributed by atoms with Crippen LogP contribution >= 0.6 is 15.9 Å². The van der Waals surface area contributed by atoms with Crippen LogP contribution in [0.25, 0.3) is 0 Å². The Kier molecular flexibility index (Phi) is 4.40. The number of anilines is 1. The maximum absolute atomic E-state index is 5.61. The van der Waals surface area contributed by atoms with E-state index in [9.17, 15) is 0 Å². The molecule has 0 atom stereocenters. The average Bonchev–Trinajstić information content (AvgIpc) is 2.34. The van der Waals surface area contributed by atoms with Crippen LogP contribution < -0.4 is 10.6 Å². The van der Waals surface area contributed by atoms with Gasteiger partial charge >= 0.3 is 0 Å². The van der Waals surface area contributed by atoms with E-state index in [1.807, 2.05) is 6.92 Å². The number of hydrogen-bond donors (Lipinski definition) is 1. The van der Waals surface area contributed by atoms with E-state index in [0.29, 0.717) is 0 Å². The van der Waals surface area contributed by atoms with Gasteiger partial charge in [-0.1, -0.05) is 0 Å². The predicted molar refractivity (Wildman–Crippen MR) is 75.3 cm³/mol. The molecule has 94 valence electrons. The Labute approximate surface area is 112 Å². The Balaban J connectivity index is 1.98. The minimum absolute atomic E-state index is 0.813. The van der Waals surface area contributed by atoms with E-state index in [1.54, 1.807) is 0 Å². The van der Waals surface area contributed by atoms with Crippen LogP contribution in [0.1, 0.15) is 25.0 Å². The molecule has 0 aliphatic carbocycles. The van der Waals surface area contributed by atoms with Crippen molar-refractivity contribution in [1.29, 1.82) is 0 Å². The van der Waals surface area contributed by atoms with Crippen molar-refractivity contribution in [2.75, 3.05) is 24.5 Å². The zero-order chi connectivity index (χ0) is 12.3. The lowest BCUT2D eigenvalue weighted by Gasteiger charge is -2.32. The van der Waals surface area contributed by atoms with Gasteiger partial charge in [0.2, 0.25) is 0 Å². The fraction of sp³-hybridized carbons (Fsp3) is 0.615. The monoisotopic (exact) mass is 297 g/mol. The largest absolute Gasteiger partial charge is 0.357 e. The summed E-state index contributed by atoms with van der Waals surface area (Å²) in [5.41, 5.74) is 6.67. The Morgan fingerprint density at radius 3 is 2.71 bits per heavy atom. The zero-order valence-corrected chi connectivity index (χ0v) is 11.9. The van der Waals surface area contributed by atoms with Gasteiger partial charge in [0.25, 0.3) is 0 Å². The lowest BCUT2D eigenvalue weighted by Crippen LogP contribution is -2.34. The van der Waals surface area contributed by atoms with Crippen molar-refractivity contribution in [3.8, 4) is 0 Å². The number of aromatic nitrogens is 1. The van der Waals surface area contributed by atoms with Crippen LogP contribution in [0.4, 0.5) is 5.82 Å². The van der Waals surface area contributed by atoms with Crippen LogP contribution in [0.3, 0.4) is 0 Å². The highest BCUT2D eigenvalue weighted by molar-refractivity contribution is 9.10. The second-order valence-corrected chi connectivity index (χ2v) is 5.60. The molecule has 1 aliphatic heterocycles. The molecule has 0 aromatic carbocycles. The Hall–Kier alpha value is -0.610. The summed E-state index contributed by atoms with van der Waals surface area (Å²) < 4.78 is 1.08. The molecule has 2 N–H and O–H groups in total. The molecule has 1 aromatic heterocycles. The van der Waals surface area contributed by atoms with Crippen molar-refractivity contribution < 1.29 is 0 Å². The molecule has 1 saturated heterocycles. The number of aryl methyl sites for hydroxylation is 1. The van der Waals surface area contributed by atoms with Crippen molar-refractivity contribution in [2.45, 2.75) is 26.2 Å². The number of pyridine rings is 1. The third-order valence-corrected chi connectivity index (χ3v) is 4.36. The van der Waals surface area contributed by atoms with E-state index in [2.05, 4.69) is 37.9 Å². The van der Waals surface area contributed by atoms with E-state index in [0.717, 1.165) is 41.5 Å². The molecule has 2 rings (SSSR count). The van der Waals surface area contributed by atoms with Gasteiger partial charge in [0.05, 0.1) is 5.69 Å². The molecule has 1 fully saturated rings. The summed E-state index contributed by atoms with van der Waals surface area (Å²) in [6.07, 6.45) is 3.66. The number of nitrogens with zero attached hydrogens (tertiary/aromatic N) is 2. The zero-order valence-electron chi connectivity index (χ0n) is 10.3. The molecule has 0 spiro atoms. The van der Waals surface area contributed by atoms with E-state index < -0.39 is 0 Å². The quantitative estimate of drug-likeness (QED) is 0.933. The van der Waals surface area contributed by atoms with Crippen LogP contribution in [0.2, 0.25) is 0 Å². The number of nitrogens with two attached hydrogens (primary N) is 1. The summed E-state index contributed by atoms with van der Waals surface area (Å²) >= 11 is 3.49. The van der Waals surface area contributed by atoms with Gasteiger partial charge in [-0.25, -0.2) is 4.98 Å². The Bertz CT molecular complexity index is 373. The fourth-order valence-corrected chi connectivity index (χ4v) is 2.61. The van der Waals surface area contributed by atoms with E-state index in [4.69, 9.17) is 5.73 Å². The molecule has 1 aliphatic rings. The summed E-state index contributed by atoms with van der Waals surface area (Å²) in [5, 5.41) is 0. The topological polar surface area (TPSA) is 42.2 Å². The van der Waals surface area contributed by atoms with Gasteiger partial charge in [0, 0.05) is 17.6 Å². The number of halogens is 1. The molecule has 0 amide bonds. The summed E-state index contributed by atoms with van der Waals surface area (Å²) in [6.45, 7) is 5.08. The van der Waals surface area contributed by atoms with Crippen LogP contribution in [-0.4, -0.2) is 24.6 Å². The number of rotatable bonds is 3. The lowest BCUT2D eigenvalue weighted by atomic mass is 9.94. The van der Waals surface area contributed by atoms with Gasteiger partial charge in [-0.05, 0) is 66.7 Å².